The second kappa shape index (κ2) is 2.43. The summed E-state index contributed by atoms with van der Waals surface area (Å²) in [4.78, 5) is 0. The number of halogens is 2. The van der Waals surface area contributed by atoms with Gasteiger partial charge in [-0.05, 0) is 5.92 Å². The zero-order chi connectivity index (χ0) is 7.78. The molecule has 0 aromatic heterocycles. The lowest BCUT2D eigenvalue weighted by Gasteiger charge is -2.37. The Kier molecular flexibility index (Phi) is 1.92. The van der Waals surface area contributed by atoms with Crippen molar-refractivity contribution < 1.29 is 13.9 Å². The predicted molar refractivity (Wildman–Crippen MR) is 32.7 cm³/mol. The Hall–Kier alpha value is -0.220. The van der Waals surface area contributed by atoms with Crippen LogP contribution >= 0.6 is 0 Å². The van der Waals surface area contributed by atoms with E-state index in [1.807, 2.05) is 0 Å². The van der Waals surface area contributed by atoms with Crippen molar-refractivity contribution in [3.63, 3.8) is 0 Å². The molecule has 0 radical (unpaired) electrons. The van der Waals surface area contributed by atoms with Gasteiger partial charge in [0.05, 0.1) is 6.61 Å². The minimum Gasteiger partial charge on any atom is -0.395 e. The van der Waals surface area contributed by atoms with Crippen LogP contribution in [0.3, 0.4) is 0 Å². The molecular weight excluding hydrogens is 140 g/mol. The summed E-state index contributed by atoms with van der Waals surface area (Å²) in [5.74, 6) is -2.70. The summed E-state index contributed by atoms with van der Waals surface area (Å²) < 4.78 is 24.3. The molecule has 3 N–H and O–H groups in total. The van der Waals surface area contributed by atoms with Crippen LogP contribution in [0.4, 0.5) is 8.78 Å². The van der Waals surface area contributed by atoms with Crippen LogP contribution in [0.2, 0.25) is 0 Å². The van der Waals surface area contributed by atoms with E-state index in [4.69, 9.17) is 10.8 Å². The van der Waals surface area contributed by atoms with Gasteiger partial charge in [-0.3, -0.25) is 0 Å². The summed E-state index contributed by atoms with van der Waals surface area (Å²) in [6.07, 6.45) is -0.316. The van der Waals surface area contributed by atoms with Gasteiger partial charge < -0.3 is 10.8 Å². The standard InChI is InChI=1S/C6H11F2NO/c7-6(8)1-4(2-6)5(9)3-10/h4-5,10H,1-3,9H2/t5-/m1/s1. The minimum atomic E-state index is -2.52. The average molecular weight is 151 g/mol. The summed E-state index contributed by atoms with van der Waals surface area (Å²) in [5.41, 5.74) is 5.32. The van der Waals surface area contributed by atoms with Crippen molar-refractivity contribution >= 4 is 0 Å². The predicted octanol–water partition coefficient (Wildman–Crippen LogP) is 0.351. The number of hydrogen-bond donors (Lipinski definition) is 2. The summed E-state index contributed by atoms with van der Waals surface area (Å²) in [7, 11) is 0. The molecule has 0 aliphatic heterocycles. The van der Waals surface area contributed by atoms with E-state index in [2.05, 4.69) is 0 Å². The highest BCUT2D eigenvalue weighted by Crippen LogP contribution is 2.43. The van der Waals surface area contributed by atoms with E-state index in [1.165, 1.54) is 0 Å². The number of nitrogens with two attached hydrogens (primary N) is 1. The normalized spacial score (nSPS) is 27.6. The van der Waals surface area contributed by atoms with E-state index < -0.39 is 12.0 Å². The number of rotatable bonds is 2. The molecular formula is C6H11F2NO. The van der Waals surface area contributed by atoms with Crippen LogP contribution in [0.1, 0.15) is 12.8 Å². The maximum Gasteiger partial charge on any atom is 0.248 e. The molecule has 0 heterocycles. The Morgan fingerprint density at radius 3 is 2.40 bits per heavy atom. The molecule has 1 aliphatic carbocycles. The second-order valence-electron chi connectivity index (χ2n) is 2.87. The first kappa shape index (κ1) is 7.88. The van der Waals surface area contributed by atoms with Crippen LogP contribution < -0.4 is 5.73 Å². The summed E-state index contributed by atoms with van der Waals surface area (Å²) in [6.45, 7) is -0.194. The Balaban J connectivity index is 2.26. The quantitative estimate of drug-likeness (QED) is 0.598. The molecule has 1 atom stereocenters. The first-order valence-corrected chi connectivity index (χ1v) is 3.29. The van der Waals surface area contributed by atoms with Crippen molar-refractivity contribution in [2.24, 2.45) is 11.7 Å². The van der Waals surface area contributed by atoms with Crippen molar-refractivity contribution in [3.05, 3.63) is 0 Å². The SMILES string of the molecule is N[C@H](CO)C1CC(F)(F)C1. The fourth-order valence-corrected chi connectivity index (χ4v) is 1.16. The average Bonchev–Trinajstić information content (AvgIpc) is 1.81. The maximum absolute atomic E-state index is 12.1. The van der Waals surface area contributed by atoms with E-state index in [9.17, 15) is 8.78 Å². The lowest BCUT2D eigenvalue weighted by atomic mass is 9.77. The lowest BCUT2D eigenvalue weighted by Crippen LogP contribution is -2.47. The zero-order valence-corrected chi connectivity index (χ0v) is 5.56. The molecule has 0 saturated heterocycles. The monoisotopic (exact) mass is 151 g/mol. The zero-order valence-electron chi connectivity index (χ0n) is 5.56. The highest BCUT2D eigenvalue weighted by atomic mass is 19.3. The largest absolute Gasteiger partial charge is 0.395 e. The van der Waals surface area contributed by atoms with Gasteiger partial charge in [0, 0.05) is 18.9 Å². The van der Waals surface area contributed by atoms with Crippen LogP contribution in [-0.2, 0) is 0 Å². The van der Waals surface area contributed by atoms with Gasteiger partial charge in [0.2, 0.25) is 5.92 Å². The lowest BCUT2D eigenvalue weighted by molar-refractivity contribution is -0.119. The molecule has 0 spiro atoms. The molecule has 0 unspecified atom stereocenters. The highest BCUT2D eigenvalue weighted by Gasteiger charge is 2.47. The van der Waals surface area contributed by atoms with Crippen LogP contribution in [0.15, 0.2) is 0 Å². The Morgan fingerprint density at radius 2 is 2.10 bits per heavy atom. The third-order valence-corrected chi connectivity index (χ3v) is 1.94. The summed E-state index contributed by atoms with van der Waals surface area (Å²) >= 11 is 0. The van der Waals surface area contributed by atoms with Gasteiger partial charge in [0.1, 0.15) is 0 Å². The first-order chi connectivity index (χ1) is 4.55. The van der Waals surface area contributed by atoms with Gasteiger partial charge >= 0.3 is 0 Å². The fourth-order valence-electron chi connectivity index (χ4n) is 1.16. The van der Waals surface area contributed by atoms with Gasteiger partial charge in [-0.15, -0.1) is 0 Å². The fraction of sp³-hybridized carbons (Fsp3) is 1.00. The molecule has 2 nitrogen and oxygen atoms in total. The smallest absolute Gasteiger partial charge is 0.248 e. The molecule has 1 rings (SSSR count). The highest BCUT2D eigenvalue weighted by molar-refractivity contribution is 4.91. The van der Waals surface area contributed by atoms with Crippen LogP contribution in [-0.4, -0.2) is 23.7 Å². The third kappa shape index (κ3) is 1.44. The van der Waals surface area contributed by atoms with E-state index >= 15 is 0 Å². The van der Waals surface area contributed by atoms with Crippen LogP contribution in [0.25, 0.3) is 0 Å². The van der Waals surface area contributed by atoms with E-state index in [0.717, 1.165) is 0 Å². The number of aliphatic hydroxyl groups excluding tert-OH is 1. The maximum atomic E-state index is 12.1. The summed E-state index contributed by atoms with van der Waals surface area (Å²) in [6, 6.07) is -0.459. The van der Waals surface area contributed by atoms with Gasteiger partial charge in [-0.1, -0.05) is 0 Å². The molecule has 1 saturated carbocycles. The third-order valence-electron chi connectivity index (χ3n) is 1.94. The molecule has 0 bridgehead atoms. The van der Waals surface area contributed by atoms with Crippen molar-refractivity contribution in [2.75, 3.05) is 6.61 Å². The van der Waals surface area contributed by atoms with Gasteiger partial charge in [-0.2, -0.15) is 0 Å². The van der Waals surface area contributed by atoms with Crippen molar-refractivity contribution in [1.82, 2.24) is 0 Å². The number of hydrogen-bond acceptors (Lipinski definition) is 2. The first-order valence-electron chi connectivity index (χ1n) is 3.29. The minimum absolute atomic E-state index is 0.158. The molecule has 10 heavy (non-hydrogen) atoms. The number of alkyl halides is 2. The molecule has 60 valence electrons. The molecule has 1 aliphatic rings. The second-order valence-corrected chi connectivity index (χ2v) is 2.87. The van der Waals surface area contributed by atoms with Crippen molar-refractivity contribution in [3.8, 4) is 0 Å². The van der Waals surface area contributed by atoms with Crippen LogP contribution in [0, 0.1) is 5.92 Å². The van der Waals surface area contributed by atoms with Gasteiger partial charge in [0.25, 0.3) is 0 Å². The van der Waals surface area contributed by atoms with Gasteiger partial charge in [-0.25, -0.2) is 8.78 Å². The Bertz CT molecular complexity index is 121. The molecule has 1 fully saturated rings. The van der Waals surface area contributed by atoms with Crippen molar-refractivity contribution in [1.29, 1.82) is 0 Å². The summed E-state index contributed by atoms with van der Waals surface area (Å²) in [5, 5.41) is 8.47. The van der Waals surface area contributed by atoms with Crippen molar-refractivity contribution in [2.45, 2.75) is 24.8 Å². The topological polar surface area (TPSA) is 46.2 Å². The molecule has 0 aromatic carbocycles. The van der Waals surface area contributed by atoms with E-state index in [0.29, 0.717) is 0 Å². The Morgan fingerprint density at radius 1 is 1.60 bits per heavy atom. The van der Waals surface area contributed by atoms with E-state index in [-0.39, 0.29) is 25.4 Å². The molecule has 4 heteroatoms. The molecule has 0 aromatic rings. The Labute approximate surface area is 58.0 Å². The van der Waals surface area contributed by atoms with Crippen LogP contribution in [0.5, 0.6) is 0 Å². The molecule has 0 amide bonds. The number of aliphatic hydroxyl groups is 1. The van der Waals surface area contributed by atoms with E-state index in [1.54, 1.807) is 0 Å². The van der Waals surface area contributed by atoms with Gasteiger partial charge in [0.15, 0.2) is 0 Å².